The Morgan fingerprint density at radius 3 is 0.964 bits per heavy atom. The lowest BCUT2D eigenvalue weighted by atomic mass is 10.00. The maximum absolute atomic E-state index is 4.99. The van der Waals surface area contributed by atoms with Gasteiger partial charge in [-0.15, -0.1) is 0 Å². The number of aromatic nitrogens is 4. The van der Waals surface area contributed by atoms with Crippen LogP contribution in [0.3, 0.4) is 0 Å². The van der Waals surface area contributed by atoms with E-state index in [-0.39, 0.29) is 0 Å². The molecule has 0 bridgehead atoms. The molecule has 0 aliphatic rings. The number of rotatable bonds is 9. The summed E-state index contributed by atoms with van der Waals surface area (Å²) < 4.78 is 0. The normalized spacial score (nSPS) is 11.2. The minimum Gasteiger partial charge on any atom is -0.311 e. The summed E-state index contributed by atoms with van der Waals surface area (Å²) in [5, 5.41) is 0. The molecule has 2 aromatic heterocycles. The Morgan fingerprint density at radius 1 is 0.309 bits per heavy atom. The standard InChI is InChI=1S/C50H39N5/c1-3-43-49(53-47-16-10-8-14-45(47)51-43)38-22-18-34(19-23-38)36-26-30-41(31-27-36)55(40-12-6-5-7-13-40)42-32-28-37(29-33-42)35-20-24-39(25-21-35)50-44(4-2)52-46-15-9-11-17-48(46)54-50/h5-33H,3-4H2,1-2H3. The molecule has 0 fully saturated rings. The minimum atomic E-state index is 0.826. The lowest BCUT2D eigenvalue weighted by Gasteiger charge is -2.26. The summed E-state index contributed by atoms with van der Waals surface area (Å²) in [6, 6.07) is 61.6. The van der Waals surface area contributed by atoms with Crippen LogP contribution in [0, 0.1) is 0 Å². The molecular weight excluding hydrogens is 671 g/mol. The second-order valence-corrected chi connectivity index (χ2v) is 13.6. The van der Waals surface area contributed by atoms with Crippen LogP contribution in [-0.2, 0) is 12.8 Å². The monoisotopic (exact) mass is 709 g/mol. The molecule has 264 valence electrons. The van der Waals surface area contributed by atoms with E-state index in [0.717, 1.165) is 108 Å². The van der Waals surface area contributed by atoms with Gasteiger partial charge in [-0.3, -0.25) is 0 Å². The molecule has 7 aromatic carbocycles. The summed E-state index contributed by atoms with van der Waals surface area (Å²) in [5.74, 6) is 0. The number of nitrogens with zero attached hydrogens (tertiary/aromatic N) is 5. The first-order valence-electron chi connectivity index (χ1n) is 18.9. The van der Waals surface area contributed by atoms with Crippen molar-refractivity contribution in [2.24, 2.45) is 0 Å². The maximum atomic E-state index is 4.99. The fraction of sp³-hybridized carbons (Fsp3) is 0.0800. The Morgan fingerprint density at radius 2 is 0.600 bits per heavy atom. The van der Waals surface area contributed by atoms with Crippen LogP contribution in [0.25, 0.3) is 66.8 Å². The van der Waals surface area contributed by atoms with E-state index in [9.17, 15) is 0 Å². The van der Waals surface area contributed by atoms with Gasteiger partial charge in [-0.05, 0) is 95.8 Å². The highest BCUT2D eigenvalue weighted by Gasteiger charge is 2.15. The van der Waals surface area contributed by atoms with E-state index in [0.29, 0.717) is 0 Å². The minimum absolute atomic E-state index is 0.826. The number of para-hydroxylation sites is 5. The van der Waals surface area contributed by atoms with Gasteiger partial charge in [0.15, 0.2) is 0 Å². The molecule has 55 heavy (non-hydrogen) atoms. The van der Waals surface area contributed by atoms with E-state index in [1.807, 2.05) is 48.5 Å². The Labute approximate surface area is 321 Å². The summed E-state index contributed by atoms with van der Waals surface area (Å²) in [5.41, 5.74) is 17.7. The highest BCUT2D eigenvalue weighted by atomic mass is 15.1. The molecule has 9 rings (SSSR count). The third kappa shape index (κ3) is 6.73. The fourth-order valence-electron chi connectivity index (χ4n) is 7.30. The first-order chi connectivity index (χ1) is 27.1. The Kier molecular flexibility index (Phi) is 9.10. The first-order valence-corrected chi connectivity index (χ1v) is 18.9. The summed E-state index contributed by atoms with van der Waals surface area (Å²) >= 11 is 0. The summed E-state index contributed by atoms with van der Waals surface area (Å²) in [6.07, 6.45) is 1.65. The van der Waals surface area contributed by atoms with E-state index in [4.69, 9.17) is 19.9 Å². The molecule has 0 N–H and O–H groups in total. The van der Waals surface area contributed by atoms with E-state index in [1.165, 1.54) is 0 Å². The molecule has 0 amide bonds. The zero-order valence-corrected chi connectivity index (χ0v) is 30.9. The average Bonchev–Trinajstić information content (AvgIpc) is 3.26. The van der Waals surface area contributed by atoms with Crippen molar-refractivity contribution >= 4 is 39.1 Å². The second-order valence-electron chi connectivity index (χ2n) is 13.6. The number of aryl methyl sites for hydroxylation is 2. The van der Waals surface area contributed by atoms with Gasteiger partial charge in [0.25, 0.3) is 0 Å². The third-order valence-corrected chi connectivity index (χ3v) is 10.2. The smallest absolute Gasteiger partial charge is 0.0925 e. The van der Waals surface area contributed by atoms with Gasteiger partial charge in [0.1, 0.15) is 0 Å². The summed E-state index contributed by atoms with van der Waals surface area (Å²) in [4.78, 5) is 22.1. The van der Waals surface area contributed by atoms with E-state index >= 15 is 0 Å². The lowest BCUT2D eigenvalue weighted by molar-refractivity contribution is 1.04. The number of hydrogen-bond donors (Lipinski definition) is 0. The zero-order valence-electron chi connectivity index (χ0n) is 30.9. The SMILES string of the molecule is CCc1nc2ccccc2nc1-c1ccc(-c2ccc(N(c3ccccc3)c3ccc(-c4ccc(-c5nc6ccccc6nc5CC)cc4)cc3)cc2)cc1. The van der Waals surface area contributed by atoms with Crippen LogP contribution in [0.4, 0.5) is 17.1 Å². The molecule has 0 spiro atoms. The molecule has 2 heterocycles. The highest BCUT2D eigenvalue weighted by Crippen LogP contribution is 2.37. The largest absolute Gasteiger partial charge is 0.311 e. The predicted octanol–water partition coefficient (Wildman–Crippen LogP) is 12.8. The van der Waals surface area contributed by atoms with Crippen molar-refractivity contribution in [2.75, 3.05) is 4.90 Å². The topological polar surface area (TPSA) is 54.8 Å². The van der Waals surface area contributed by atoms with Gasteiger partial charge in [-0.25, -0.2) is 19.9 Å². The Bertz CT molecular complexity index is 2570. The predicted molar refractivity (Wildman–Crippen MR) is 228 cm³/mol. The third-order valence-electron chi connectivity index (χ3n) is 10.2. The van der Waals surface area contributed by atoms with Crippen molar-refractivity contribution < 1.29 is 0 Å². The van der Waals surface area contributed by atoms with Crippen LogP contribution in [0.5, 0.6) is 0 Å². The molecule has 0 unspecified atom stereocenters. The number of benzene rings is 7. The van der Waals surface area contributed by atoms with Crippen LogP contribution in [0.2, 0.25) is 0 Å². The van der Waals surface area contributed by atoms with Crippen molar-refractivity contribution in [1.82, 2.24) is 19.9 Å². The van der Waals surface area contributed by atoms with Gasteiger partial charge in [-0.1, -0.05) is 129 Å². The van der Waals surface area contributed by atoms with Gasteiger partial charge in [0.05, 0.1) is 44.8 Å². The quantitative estimate of drug-likeness (QED) is 0.149. The van der Waals surface area contributed by atoms with Crippen LogP contribution >= 0.6 is 0 Å². The van der Waals surface area contributed by atoms with Crippen LogP contribution in [-0.4, -0.2) is 19.9 Å². The van der Waals surface area contributed by atoms with Crippen LogP contribution < -0.4 is 4.90 Å². The molecule has 5 nitrogen and oxygen atoms in total. The van der Waals surface area contributed by atoms with Gasteiger partial charge in [-0.2, -0.15) is 0 Å². The number of hydrogen-bond acceptors (Lipinski definition) is 5. The summed E-state index contributed by atoms with van der Waals surface area (Å²) in [7, 11) is 0. The maximum Gasteiger partial charge on any atom is 0.0925 e. The molecule has 9 aromatic rings. The number of anilines is 3. The van der Waals surface area contributed by atoms with Crippen molar-refractivity contribution in [3.63, 3.8) is 0 Å². The van der Waals surface area contributed by atoms with Crippen molar-refractivity contribution in [3.05, 3.63) is 187 Å². The van der Waals surface area contributed by atoms with Gasteiger partial charge >= 0.3 is 0 Å². The molecule has 0 saturated heterocycles. The van der Waals surface area contributed by atoms with Gasteiger partial charge < -0.3 is 4.90 Å². The fourth-order valence-corrected chi connectivity index (χ4v) is 7.30. The van der Waals surface area contributed by atoms with E-state index < -0.39 is 0 Å². The molecule has 0 aliphatic heterocycles. The van der Waals surface area contributed by atoms with Crippen molar-refractivity contribution in [1.29, 1.82) is 0 Å². The van der Waals surface area contributed by atoms with E-state index in [1.54, 1.807) is 0 Å². The van der Waals surface area contributed by atoms with Crippen LogP contribution in [0.15, 0.2) is 176 Å². The van der Waals surface area contributed by atoms with Gasteiger partial charge in [0.2, 0.25) is 0 Å². The summed E-state index contributed by atoms with van der Waals surface area (Å²) in [6.45, 7) is 4.27. The molecule has 0 atom stereocenters. The first kappa shape index (κ1) is 33.8. The molecular formula is C50H39N5. The highest BCUT2D eigenvalue weighted by molar-refractivity contribution is 5.83. The Hall–Kier alpha value is -6.98. The molecule has 0 saturated carbocycles. The van der Waals surface area contributed by atoms with Crippen LogP contribution in [0.1, 0.15) is 25.2 Å². The Balaban J connectivity index is 0.973. The molecule has 0 aliphatic carbocycles. The molecule has 5 heteroatoms. The molecule has 0 radical (unpaired) electrons. The zero-order chi connectivity index (χ0) is 37.1. The van der Waals surface area contributed by atoms with Crippen molar-refractivity contribution in [2.45, 2.75) is 26.7 Å². The second kappa shape index (κ2) is 14.8. The van der Waals surface area contributed by atoms with Crippen molar-refractivity contribution in [3.8, 4) is 44.8 Å². The lowest BCUT2D eigenvalue weighted by Crippen LogP contribution is -2.09. The average molecular weight is 710 g/mol. The number of fused-ring (bicyclic) bond motifs is 2. The van der Waals surface area contributed by atoms with Gasteiger partial charge in [0, 0.05) is 28.2 Å². The van der Waals surface area contributed by atoms with E-state index in [2.05, 4.69) is 146 Å².